The number of hydrogen-bond acceptors (Lipinski definition) is 4. The molecule has 0 aromatic rings. The summed E-state index contributed by atoms with van der Waals surface area (Å²) in [6.45, 7) is 4.74. The molecule has 80 valence electrons. The Morgan fingerprint density at radius 1 is 1.57 bits per heavy atom. The van der Waals surface area contributed by atoms with E-state index >= 15 is 0 Å². The molecule has 0 radical (unpaired) electrons. The van der Waals surface area contributed by atoms with Gasteiger partial charge in [-0.3, -0.25) is 9.69 Å². The maximum Gasteiger partial charge on any atom is 0.310 e. The van der Waals surface area contributed by atoms with Gasteiger partial charge in [-0.1, -0.05) is 0 Å². The van der Waals surface area contributed by atoms with Crippen LogP contribution in [-0.4, -0.2) is 48.3 Å². The molecule has 1 N–H and O–H groups in total. The van der Waals surface area contributed by atoms with Crippen molar-refractivity contribution in [2.75, 3.05) is 26.2 Å². The van der Waals surface area contributed by atoms with E-state index in [1.54, 1.807) is 0 Å². The third-order valence-corrected chi connectivity index (χ3v) is 3.28. The van der Waals surface area contributed by atoms with Crippen molar-refractivity contribution in [3.63, 3.8) is 0 Å². The molecule has 4 nitrogen and oxygen atoms in total. The van der Waals surface area contributed by atoms with Crippen molar-refractivity contribution in [3.05, 3.63) is 0 Å². The molecule has 4 heteroatoms. The molecule has 0 spiro atoms. The van der Waals surface area contributed by atoms with Gasteiger partial charge in [0.25, 0.3) is 0 Å². The van der Waals surface area contributed by atoms with Crippen LogP contribution in [0.3, 0.4) is 0 Å². The third kappa shape index (κ3) is 1.64. The minimum Gasteiger partial charge on any atom is -0.466 e. The number of piperidine rings is 3. The van der Waals surface area contributed by atoms with E-state index in [4.69, 9.17) is 4.74 Å². The van der Waals surface area contributed by atoms with Gasteiger partial charge in [0.05, 0.1) is 18.6 Å². The fourth-order valence-corrected chi connectivity index (χ4v) is 2.56. The number of esters is 1. The zero-order valence-corrected chi connectivity index (χ0v) is 8.48. The molecule has 0 saturated carbocycles. The summed E-state index contributed by atoms with van der Waals surface area (Å²) < 4.78 is 5.01. The van der Waals surface area contributed by atoms with Crippen LogP contribution in [-0.2, 0) is 9.53 Å². The van der Waals surface area contributed by atoms with E-state index in [2.05, 4.69) is 4.90 Å². The highest BCUT2D eigenvalue weighted by molar-refractivity contribution is 5.73. The van der Waals surface area contributed by atoms with Crippen LogP contribution < -0.4 is 0 Å². The quantitative estimate of drug-likeness (QED) is 0.629. The van der Waals surface area contributed by atoms with Crippen LogP contribution in [0.2, 0.25) is 0 Å². The fourth-order valence-electron chi connectivity index (χ4n) is 2.56. The Kier molecular flexibility index (Phi) is 2.74. The van der Waals surface area contributed by atoms with Crippen molar-refractivity contribution >= 4 is 5.97 Å². The summed E-state index contributed by atoms with van der Waals surface area (Å²) in [5.74, 6) is -0.118. The number of nitrogens with zero attached hydrogens (tertiary/aromatic N) is 1. The number of aliphatic hydroxyl groups excluding tert-OH is 1. The topological polar surface area (TPSA) is 49.8 Å². The standard InChI is InChI=1S/C10H17NO3/c1-2-14-10(13)8-5-11-4-3-7(8)9(12)6-11/h7-9,12H,2-6H2,1H3/t7-,8+,9-/m1/s1. The zero-order chi connectivity index (χ0) is 10.1. The molecule has 0 amide bonds. The lowest BCUT2D eigenvalue weighted by molar-refractivity contribution is -0.160. The van der Waals surface area contributed by atoms with Gasteiger partial charge in [0.15, 0.2) is 0 Å². The number of fused-ring (bicyclic) bond motifs is 3. The SMILES string of the molecule is CCOC(=O)[C@H]1CN2CC[C@H]1[C@H](O)C2. The predicted octanol–water partition coefficient (Wildman–Crippen LogP) is -0.138. The van der Waals surface area contributed by atoms with E-state index in [1.807, 2.05) is 6.92 Å². The van der Waals surface area contributed by atoms with Gasteiger partial charge in [0.1, 0.15) is 0 Å². The Hall–Kier alpha value is -0.610. The molecule has 3 fully saturated rings. The van der Waals surface area contributed by atoms with Crippen molar-refractivity contribution in [3.8, 4) is 0 Å². The normalized spacial score (nSPS) is 41.0. The fraction of sp³-hybridized carbons (Fsp3) is 0.900. The van der Waals surface area contributed by atoms with Crippen LogP contribution in [0.25, 0.3) is 0 Å². The molecule has 3 heterocycles. The van der Waals surface area contributed by atoms with Gasteiger partial charge < -0.3 is 9.84 Å². The maximum atomic E-state index is 11.6. The van der Waals surface area contributed by atoms with Crippen LogP contribution in [0, 0.1) is 11.8 Å². The number of rotatable bonds is 2. The molecule has 0 aliphatic carbocycles. The Labute approximate surface area is 83.8 Å². The molecule has 4 atom stereocenters. The van der Waals surface area contributed by atoms with Crippen LogP contribution in [0.1, 0.15) is 13.3 Å². The first-order chi connectivity index (χ1) is 6.72. The molecule has 1 unspecified atom stereocenters. The largest absolute Gasteiger partial charge is 0.466 e. The minimum absolute atomic E-state index is 0.104. The molecule has 3 aliphatic heterocycles. The van der Waals surface area contributed by atoms with Gasteiger partial charge in [-0.25, -0.2) is 0 Å². The van der Waals surface area contributed by atoms with Crippen LogP contribution >= 0.6 is 0 Å². The van der Waals surface area contributed by atoms with Gasteiger partial charge in [0, 0.05) is 19.0 Å². The lowest BCUT2D eigenvalue weighted by Crippen LogP contribution is -2.57. The van der Waals surface area contributed by atoms with E-state index < -0.39 is 0 Å². The monoisotopic (exact) mass is 199 g/mol. The smallest absolute Gasteiger partial charge is 0.310 e. The van der Waals surface area contributed by atoms with E-state index in [0.717, 1.165) is 26.1 Å². The predicted molar refractivity (Wildman–Crippen MR) is 50.7 cm³/mol. The first-order valence-electron chi connectivity index (χ1n) is 5.29. The second kappa shape index (κ2) is 3.87. The average Bonchev–Trinajstić information content (AvgIpc) is 2.18. The van der Waals surface area contributed by atoms with Gasteiger partial charge in [0.2, 0.25) is 0 Å². The summed E-state index contributed by atoms with van der Waals surface area (Å²) in [5, 5.41) is 9.74. The molecule has 14 heavy (non-hydrogen) atoms. The number of aliphatic hydroxyl groups is 1. The van der Waals surface area contributed by atoms with Crippen LogP contribution in [0.4, 0.5) is 0 Å². The number of ether oxygens (including phenoxy) is 1. The number of carbonyl (C=O) groups excluding carboxylic acids is 1. The van der Waals surface area contributed by atoms with Gasteiger partial charge in [-0.05, 0) is 19.9 Å². The van der Waals surface area contributed by atoms with Gasteiger partial charge in [-0.15, -0.1) is 0 Å². The van der Waals surface area contributed by atoms with E-state index in [9.17, 15) is 9.90 Å². The van der Waals surface area contributed by atoms with Crippen molar-refractivity contribution in [2.45, 2.75) is 19.4 Å². The third-order valence-electron chi connectivity index (χ3n) is 3.28. The second-order valence-corrected chi connectivity index (χ2v) is 4.14. The van der Waals surface area contributed by atoms with Crippen molar-refractivity contribution < 1.29 is 14.6 Å². The number of hydrogen-bond donors (Lipinski definition) is 1. The zero-order valence-electron chi connectivity index (χ0n) is 8.48. The first-order valence-corrected chi connectivity index (χ1v) is 5.29. The van der Waals surface area contributed by atoms with Crippen molar-refractivity contribution in [2.24, 2.45) is 11.8 Å². The maximum absolute atomic E-state index is 11.6. The summed E-state index contributed by atoms with van der Waals surface area (Å²) in [5.41, 5.74) is 0. The molecule has 0 aromatic heterocycles. The van der Waals surface area contributed by atoms with Crippen LogP contribution in [0.5, 0.6) is 0 Å². The van der Waals surface area contributed by atoms with Crippen molar-refractivity contribution in [1.82, 2.24) is 4.90 Å². The second-order valence-electron chi connectivity index (χ2n) is 4.14. The average molecular weight is 199 g/mol. The molecular weight excluding hydrogens is 182 g/mol. The molecule has 3 rings (SSSR count). The minimum atomic E-state index is -0.341. The molecule has 3 aliphatic rings. The first kappa shape index (κ1) is 9.93. The lowest BCUT2D eigenvalue weighted by atomic mass is 9.77. The summed E-state index contributed by atoms with van der Waals surface area (Å²) in [6.07, 6.45) is 0.580. The Balaban J connectivity index is 2.03. The van der Waals surface area contributed by atoms with Gasteiger partial charge >= 0.3 is 5.97 Å². The number of carbonyl (C=O) groups is 1. The lowest BCUT2D eigenvalue weighted by Gasteiger charge is -2.46. The Bertz CT molecular complexity index is 231. The summed E-state index contributed by atoms with van der Waals surface area (Å²) in [6, 6.07) is 0. The summed E-state index contributed by atoms with van der Waals surface area (Å²) in [4.78, 5) is 13.7. The van der Waals surface area contributed by atoms with Gasteiger partial charge in [-0.2, -0.15) is 0 Å². The Morgan fingerprint density at radius 2 is 2.36 bits per heavy atom. The highest BCUT2D eigenvalue weighted by Gasteiger charge is 2.44. The van der Waals surface area contributed by atoms with E-state index in [0.29, 0.717) is 6.61 Å². The van der Waals surface area contributed by atoms with Crippen molar-refractivity contribution in [1.29, 1.82) is 0 Å². The molecular formula is C10H17NO3. The highest BCUT2D eigenvalue weighted by atomic mass is 16.5. The molecule has 2 bridgehead atoms. The Morgan fingerprint density at radius 3 is 2.93 bits per heavy atom. The van der Waals surface area contributed by atoms with E-state index in [-0.39, 0.29) is 23.9 Å². The molecule has 0 aromatic carbocycles. The van der Waals surface area contributed by atoms with E-state index in [1.165, 1.54) is 0 Å². The summed E-state index contributed by atoms with van der Waals surface area (Å²) in [7, 11) is 0. The highest BCUT2D eigenvalue weighted by Crippen LogP contribution is 2.33. The summed E-state index contributed by atoms with van der Waals surface area (Å²) >= 11 is 0. The van der Waals surface area contributed by atoms with Crippen LogP contribution in [0.15, 0.2) is 0 Å². The molecule has 3 saturated heterocycles.